The zero-order valence-electron chi connectivity index (χ0n) is 13.1. The highest BCUT2D eigenvalue weighted by atomic mass is 35.5. The number of amides is 1. The minimum atomic E-state index is -0.775. The van der Waals surface area contributed by atoms with Crippen LogP contribution in [0.2, 0.25) is 5.02 Å². The van der Waals surface area contributed by atoms with Crippen molar-refractivity contribution in [3.63, 3.8) is 0 Å². The number of nitrogens with one attached hydrogen (secondary N) is 1. The normalized spacial score (nSPS) is 16.2. The van der Waals surface area contributed by atoms with E-state index >= 15 is 0 Å². The summed E-state index contributed by atoms with van der Waals surface area (Å²) in [5.74, 6) is 0.844. The molecular weight excluding hydrogens is 346 g/mol. The zero-order chi connectivity index (χ0) is 17.2. The fourth-order valence-corrected chi connectivity index (χ4v) is 3.14. The summed E-state index contributed by atoms with van der Waals surface area (Å²) in [4.78, 5) is 16.2. The molecule has 1 amide bonds. The standard InChI is InChI=1S/C17H16ClN3O2S/c1-17(10-19,12-4-5-12)21-15(22)9-24-16-20-8-14(23-16)11-2-6-13(18)7-3-11/h2-3,6-8,12H,4-5,9H2,1H3,(H,21,22). The number of hydrogen-bond donors (Lipinski definition) is 1. The molecule has 3 rings (SSSR count). The van der Waals surface area contributed by atoms with E-state index < -0.39 is 5.54 Å². The van der Waals surface area contributed by atoms with Crippen molar-refractivity contribution in [3.8, 4) is 17.4 Å². The fraction of sp³-hybridized carbons (Fsp3) is 0.353. The van der Waals surface area contributed by atoms with Gasteiger partial charge in [0.2, 0.25) is 5.91 Å². The number of halogens is 1. The highest BCUT2D eigenvalue weighted by Crippen LogP contribution is 2.39. The molecule has 1 unspecified atom stereocenters. The lowest BCUT2D eigenvalue weighted by atomic mass is 9.98. The van der Waals surface area contributed by atoms with Gasteiger partial charge in [0.25, 0.3) is 5.22 Å². The SMILES string of the molecule is CC(C#N)(NC(=O)CSc1ncc(-c2ccc(Cl)cc2)o1)C1CC1. The molecule has 1 aliphatic rings. The predicted octanol–water partition coefficient (Wildman–Crippen LogP) is 3.90. The summed E-state index contributed by atoms with van der Waals surface area (Å²) < 4.78 is 5.64. The quantitative estimate of drug-likeness (QED) is 0.789. The summed E-state index contributed by atoms with van der Waals surface area (Å²) in [5.41, 5.74) is 0.0943. The molecule has 0 radical (unpaired) electrons. The largest absolute Gasteiger partial charge is 0.431 e. The molecule has 2 aromatic rings. The number of carbonyl (C=O) groups is 1. The molecule has 1 aliphatic carbocycles. The number of aromatic nitrogens is 1. The maximum Gasteiger partial charge on any atom is 0.256 e. The summed E-state index contributed by atoms with van der Waals surface area (Å²) in [6, 6.07) is 9.46. The first-order valence-electron chi connectivity index (χ1n) is 7.57. The van der Waals surface area contributed by atoms with Gasteiger partial charge in [-0.05, 0) is 49.9 Å². The van der Waals surface area contributed by atoms with Crippen molar-refractivity contribution >= 4 is 29.3 Å². The molecular formula is C17H16ClN3O2S. The Morgan fingerprint density at radius 1 is 1.50 bits per heavy atom. The number of benzene rings is 1. The molecule has 0 spiro atoms. The number of carbonyl (C=O) groups excluding carboxylic acids is 1. The molecule has 0 aliphatic heterocycles. The Morgan fingerprint density at radius 3 is 2.83 bits per heavy atom. The Kier molecular flexibility index (Phi) is 4.83. The molecule has 124 valence electrons. The summed E-state index contributed by atoms with van der Waals surface area (Å²) >= 11 is 7.07. The maximum atomic E-state index is 12.1. The van der Waals surface area contributed by atoms with E-state index in [1.54, 1.807) is 25.3 Å². The van der Waals surface area contributed by atoms with E-state index in [4.69, 9.17) is 16.0 Å². The first kappa shape index (κ1) is 16.9. The smallest absolute Gasteiger partial charge is 0.256 e. The molecule has 1 fully saturated rings. The van der Waals surface area contributed by atoms with Gasteiger partial charge in [-0.3, -0.25) is 4.79 Å². The van der Waals surface area contributed by atoms with Crippen LogP contribution in [0, 0.1) is 17.2 Å². The Bertz CT molecular complexity index is 780. The Balaban J connectivity index is 1.56. The van der Waals surface area contributed by atoms with Gasteiger partial charge in [0, 0.05) is 10.6 Å². The fourth-order valence-electron chi connectivity index (χ4n) is 2.41. The Hall–Kier alpha value is -1.97. The van der Waals surface area contributed by atoms with Crippen LogP contribution in [0.3, 0.4) is 0 Å². The molecule has 1 saturated carbocycles. The van der Waals surface area contributed by atoms with E-state index in [1.807, 2.05) is 12.1 Å². The van der Waals surface area contributed by atoms with Gasteiger partial charge < -0.3 is 9.73 Å². The molecule has 1 heterocycles. The Morgan fingerprint density at radius 2 is 2.21 bits per heavy atom. The number of thioether (sulfide) groups is 1. The second-order valence-corrected chi connectivity index (χ2v) is 7.29. The van der Waals surface area contributed by atoms with Crippen molar-refractivity contribution < 1.29 is 9.21 Å². The lowest BCUT2D eigenvalue weighted by molar-refractivity contribution is -0.119. The van der Waals surface area contributed by atoms with Crippen molar-refractivity contribution in [2.45, 2.75) is 30.5 Å². The van der Waals surface area contributed by atoms with Crippen LogP contribution in [0.25, 0.3) is 11.3 Å². The molecule has 5 nitrogen and oxygen atoms in total. The predicted molar refractivity (Wildman–Crippen MR) is 92.6 cm³/mol. The summed E-state index contributed by atoms with van der Waals surface area (Å²) in [7, 11) is 0. The van der Waals surface area contributed by atoms with Crippen LogP contribution in [0.1, 0.15) is 19.8 Å². The molecule has 1 aromatic carbocycles. The molecule has 24 heavy (non-hydrogen) atoms. The molecule has 1 aromatic heterocycles. The van der Waals surface area contributed by atoms with Crippen molar-refractivity contribution in [2.75, 3.05) is 5.75 Å². The number of nitriles is 1. The summed E-state index contributed by atoms with van der Waals surface area (Å²) in [6.07, 6.45) is 3.59. The second-order valence-electron chi connectivity index (χ2n) is 5.92. The van der Waals surface area contributed by atoms with E-state index in [0.29, 0.717) is 16.0 Å². The molecule has 0 bridgehead atoms. The van der Waals surface area contributed by atoms with Crippen LogP contribution in [-0.4, -0.2) is 22.2 Å². The van der Waals surface area contributed by atoms with Gasteiger partial charge in [-0.25, -0.2) is 4.98 Å². The van der Waals surface area contributed by atoms with Crippen LogP contribution in [0.4, 0.5) is 0 Å². The van der Waals surface area contributed by atoms with Crippen LogP contribution in [0.5, 0.6) is 0 Å². The zero-order valence-corrected chi connectivity index (χ0v) is 14.7. The van der Waals surface area contributed by atoms with Crippen LogP contribution in [-0.2, 0) is 4.79 Å². The van der Waals surface area contributed by atoms with Gasteiger partial charge in [0.15, 0.2) is 5.76 Å². The average Bonchev–Trinajstić information content (AvgIpc) is 3.33. The first-order valence-corrected chi connectivity index (χ1v) is 8.93. The van der Waals surface area contributed by atoms with Crippen molar-refractivity contribution in [1.29, 1.82) is 5.26 Å². The Labute approximate surface area is 149 Å². The molecule has 1 atom stereocenters. The maximum absolute atomic E-state index is 12.1. The molecule has 7 heteroatoms. The van der Waals surface area contributed by atoms with E-state index in [9.17, 15) is 10.1 Å². The van der Waals surface area contributed by atoms with Crippen LogP contribution in [0.15, 0.2) is 40.1 Å². The van der Waals surface area contributed by atoms with Crippen molar-refractivity contribution in [2.24, 2.45) is 5.92 Å². The highest BCUT2D eigenvalue weighted by Gasteiger charge is 2.42. The third kappa shape index (κ3) is 3.92. The average molecular weight is 362 g/mol. The number of hydrogen-bond acceptors (Lipinski definition) is 5. The van der Waals surface area contributed by atoms with E-state index in [-0.39, 0.29) is 17.6 Å². The van der Waals surface area contributed by atoms with Gasteiger partial charge in [-0.2, -0.15) is 5.26 Å². The topological polar surface area (TPSA) is 78.9 Å². The summed E-state index contributed by atoms with van der Waals surface area (Å²) in [5, 5.41) is 13.2. The number of nitrogens with zero attached hydrogens (tertiary/aromatic N) is 2. The molecule has 0 saturated heterocycles. The number of rotatable bonds is 6. The third-order valence-electron chi connectivity index (χ3n) is 3.97. The van der Waals surface area contributed by atoms with Crippen LogP contribution >= 0.6 is 23.4 Å². The molecule has 1 N–H and O–H groups in total. The lowest BCUT2D eigenvalue weighted by Crippen LogP contribution is -2.47. The first-order chi connectivity index (χ1) is 11.5. The number of oxazole rings is 1. The van der Waals surface area contributed by atoms with E-state index in [0.717, 1.165) is 18.4 Å². The van der Waals surface area contributed by atoms with Crippen LogP contribution < -0.4 is 5.32 Å². The lowest BCUT2D eigenvalue weighted by Gasteiger charge is -2.22. The van der Waals surface area contributed by atoms with E-state index in [2.05, 4.69) is 16.4 Å². The van der Waals surface area contributed by atoms with Gasteiger partial charge in [-0.15, -0.1) is 0 Å². The minimum absolute atomic E-state index is 0.157. The van der Waals surface area contributed by atoms with Gasteiger partial charge >= 0.3 is 0 Å². The summed E-state index contributed by atoms with van der Waals surface area (Å²) in [6.45, 7) is 1.77. The van der Waals surface area contributed by atoms with Crippen molar-refractivity contribution in [1.82, 2.24) is 10.3 Å². The second kappa shape index (κ2) is 6.88. The van der Waals surface area contributed by atoms with Gasteiger partial charge in [0.1, 0.15) is 5.54 Å². The monoisotopic (exact) mass is 361 g/mol. The van der Waals surface area contributed by atoms with Gasteiger partial charge in [-0.1, -0.05) is 23.4 Å². The third-order valence-corrected chi connectivity index (χ3v) is 5.06. The van der Waals surface area contributed by atoms with Crippen molar-refractivity contribution in [3.05, 3.63) is 35.5 Å². The highest BCUT2D eigenvalue weighted by molar-refractivity contribution is 7.99. The van der Waals surface area contributed by atoms with E-state index in [1.165, 1.54) is 11.8 Å². The minimum Gasteiger partial charge on any atom is -0.431 e. The van der Waals surface area contributed by atoms with Gasteiger partial charge in [0.05, 0.1) is 18.0 Å².